The molecule has 0 heterocycles. The highest BCUT2D eigenvalue weighted by molar-refractivity contribution is 9.10. The second-order valence-corrected chi connectivity index (χ2v) is 6.57. The minimum atomic E-state index is -0.305. The fourth-order valence-electron chi connectivity index (χ4n) is 2.07. The summed E-state index contributed by atoms with van der Waals surface area (Å²) in [5.74, 6) is 0.325. The fraction of sp³-hybridized carbons (Fsp3) is 0.562. The zero-order valence-electron chi connectivity index (χ0n) is 12.9. The summed E-state index contributed by atoms with van der Waals surface area (Å²) in [6.07, 6.45) is 0. The Morgan fingerprint density at radius 2 is 1.95 bits per heavy atom. The van der Waals surface area contributed by atoms with E-state index in [9.17, 15) is 4.79 Å². The Morgan fingerprint density at radius 1 is 1.30 bits per heavy atom. The zero-order chi connectivity index (χ0) is 15.3. The second kappa shape index (κ2) is 7.79. The summed E-state index contributed by atoms with van der Waals surface area (Å²) in [5.41, 5.74) is 1.76. The van der Waals surface area contributed by atoms with E-state index in [4.69, 9.17) is 4.74 Å². The highest BCUT2D eigenvalue weighted by Gasteiger charge is 2.15. The molecule has 3 nitrogen and oxygen atoms in total. The van der Waals surface area contributed by atoms with Crippen molar-refractivity contribution in [3.8, 4) is 0 Å². The van der Waals surface area contributed by atoms with Crippen LogP contribution in [0.15, 0.2) is 22.7 Å². The summed E-state index contributed by atoms with van der Waals surface area (Å²) in [7, 11) is 1.40. The van der Waals surface area contributed by atoms with E-state index in [0.717, 1.165) is 17.6 Å². The molecule has 0 bridgehead atoms. The van der Waals surface area contributed by atoms with Crippen molar-refractivity contribution in [3.63, 3.8) is 0 Å². The number of benzene rings is 1. The molecule has 0 fully saturated rings. The minimum absolute atomic E-state index is 0.305. The topological polar surface area (TPSA) is 29.5 Å². The standard InChI is InChI=1S/C16H24BrNO2/c1-11(2)9-18(12(3)4)10-14-7-6-13(8-15(14)17)16(19)20-5/h6-8,11-12H,9-10H2,1-5H3. The normalized spacial score (nSPS) is 11.4. The maximum absolute atomic E-state index is 11.5. The molecule has 0 aliphatic carbocycles. The number of carbonyl (C=O) groups is 1. The summed E-state index contributed by atoms with van der Waals surface area (Å²) >= 11 is 3.55. The predicted octanol–water partition coefficient (Wildman–Crippen LogP) is 4.10. The molecule has 1 aromatic rings. The van der Waals surface area contributed by atoms with Crippen LogP contribution in [0.4, 0.5) is 0 Å². The van der Waals surface area contributed by atoms with Crippen LogP contribution in [-0.4, -0.2) is 30.6 Å². The Labute approximate surface area is 130 Å². The highest BCUT2D eigenvalue weighted by Crippen LogP contribution is 2.22. The van der Waals surface area contributed by atoms with Crippen LogP contribution in [0.5, 0.6) is 0 Å². The summed E-state index contributed by atoms with van der Waals surface area (Å²) in [6, 6.07) is 6.13. The number of halogens is 1. The maximum Gasteiger partial charge on any atom is 0.337 e. The van der Waals surface area contributed by atoms with E-state index >= 15 is 0 Å². The van der Waals surface area contributed by atoms with E-state index in [1.54, 1.807) is 0 Å². The molecular formula is C16H24BrNO2. The molecule has 20 heavy (non-hydrogen) atoms. The van der Waals surface area contributed by atoms with Crippen LogP contribution in [0.25, 0.3) is 0 Å². The van der Waals surface area contributed by atoms with Gasteiger partial charge in [0, 0.05) is 23.6 Å². The fourth-order valence-corrected chi connectivity index (χ4v) is 2.57. The third kappa shape index (κ3) is 4.91. The van der Waals surface area contributed by atoms with Crippen molar-refractivity contribution in [2.24, 2.45) is 5.92 Å². The van der Waals surface area contributed by atoms with Crippen LogP contribution in [-0.2, 0) is 11.3 Å². The molecule has 0 spiro atoms. The SMILES string of the molecule is COC(=O)c1ccc(CN(CC(C)C)C(C)C)c(Br)c1. The van der Waals surface area contributed by atoms with Gasteiger partial charge in [0.25, 0.3) is 0 Å². The zero-order valence-corrected chi connectivity index (χ0v) is 14.5. The molecule has 0 amide bonds. The molecule has 4 heteroatoms. The first-order valence-corrected chi connectivity index (χ1v) is 7.75. The number of hydrogen-bond acceptors (Lipinski definition) is 3. The molecule has 0 saturated carbocycles. The molecule has 0 radical (unpaired) electrons. The number of esters is 1. The lowest BCUT2D eigenvalue weighted by molar-refractivity contribution is 0.0600. The molecular weight excluding hydrogens is 318 g/mol. The van der Waals surface area contributed by atoms with E-state index < -0.39 is 0 Å². The van der Waals surface area contributed by atoms with Gasteiger partial charge in [-0.2, -0.15) is 0 Å². The number of carbonyl (C=O) groups excluding carboxylic acids is 1. The molecule has 1 aromatic carbocycles. The molecule has 0 aliphatic heterocycles. The van der Waals surface area contributed by atoms with E-state index in [2.05, 4.69) is 48.5 Å². The van der Waals surface area contributed by atoms with E-state index in [1.807, 2.05) is 18.2 Å². The first-order valence-electron chi connectivity index (χ1n) is 6.96. The lowest BCUT2D eigenvalue weighted by atomic mass is 10.1. The van der Waals surface area contributed by atoms with Gasteiger partial charge in [-0.3, -0.25) is 4.90 Å². The molecule has 0 saturated heterocycles. The van der Waals surface area contributed by atoms with E-state index in [0.29, 0.717) is 17.5 Å². The first kappa shape index (κ1) is 17.2. The van der Waals surface area contributed by atoms with Gasteiger partial charge >= 0.3 is 5.97 Å². The van der Waals surface area contributed by atoms with Crippen molar-refractivity contribution in [2.75, 3.05) is 13.7 Å². The largest absolute Gasteiger partial charge is 0.465 e. The second-order valence-electron chi connectivity index (χ2n) is 5.71. The van der Waals surface area contributed by atoms with Crippen LogP contribution in [0.1, 0.15) is 43.6 Å². The van der Waals surface area contributed by atoms with Crippen molar-refractivity contribution in [1.82, 2.24) is 4.90 Å². The van der Waals surface area contributed by atoms with Gasteiger partial charge < -0.3 is 4.74 Å². The van der Waals surface area contributed by atoms with Gasteiger partial charge in [0.2, 0.25) is 0 Å². The Hall–Kier alpha value is -0.870. The van der Waals surface area contributed by atoms with Crippen molar-refractivity contribution < 1.29 is 9.53 Å². The maximum atomic E-state index is 11.5. The molecule has 0 aromatic heterocycles. The molecule has 0 aliphatic rings. The van der Waals surface area contributed by atoms with Crippen molar-refractivity contribution in [1.29, 1.82) is 0 Å². The smallest absolute Gasteiger partial charge is 0.337 e. The number of methoxy groups -OCH3 is 1. The lowest BCUT2D eigenvalue weighted by Gasteiger charge is -2.28. The number of nitrogens with zero attached hydrogens (tertiary/aromatic N) is 1. The third-order valence-electron chi connectivity index (χ3n) is 3.18. The van der Waals surface area contributed by atoms with E-state index in [-0.39, 0.29) is 5.97 Å². The van der Waals surface area contributed by atoms with Gasteiger partial charge in [-0.1, -0.05) is 35.8 Å². The monoisotopic (exact) mass is 341 g/mol. The predicted molar refractivity (Wildman–Crippen MR) is 85.9 cm³/mol. The van der Waals surface area contributed by atoms with Gasteiger partial charge in [-0.05, 0) is 37.5 Å². The van der Waals surface area contributed by atoms with Gasteiger partial charge in [-0.15, -0.1) is 0 Å². The van der Waals surface area contributed by atoms with Crippen LogP contribution in [0, 0.1) is 5.92 Å². The molecule has 112 valence electrons. The van der Waals surface area contributed by atoms with Crippen LogP contribution < -0.4 is 0 Å². The van der Waals surface area contributed by atoms with Crippen molar-refractivity contribution in [2.45, 2.75) is 40.3 Å². The molecule has 0 unspecified atom stereocenters. The summed E-state index contributed by atoms with van der Waals surface area (Å²) in [6.45, 7) is 10.8. The van der Waals surface area contributed by atoms with Crippen LogP contribution in [0.2, 0.25) is 0 Å². The highest BCUT2D eigenvalue weighted by atomic mass is 79.9. The number of rotatable bonds is 6. The Bertz CT molecular complexity index is 458. The van der Waals surface area contributed by atoms with Crippen molar-refractivity contribution in [3.05, 3.63) is 33.8 Å². The molecule has 1 rings (SSSR count). The van der Waals surface area contributed by atoms with Gasteiger partial charge in [-0.25, -0.2) is 4.79 Å². The third-order valence-corrected chi connectivity index (χ3v) is 3.92. The molecule has 0 atom stereocenters. The minimum Gasteiger partial charge on any atom is -0.465 e. The number of ether oxygens (including phenoxy) is 1. The Kier molecular flexibility index (Phi) is 6.69. The summed E-state index contributed by atoms with van der Waals surface area (Å²) in [4.78, 5) is 13.9. The number of hydrogen-bond donors (Lipinski definition) is 0. The molecule has 0 N–H and O–H groups in total. The average molecular weight is 342 g/mol. The van der Waals surface area contributed by atoms with Crippen LogP contribution in [0.3, 0.4) is 0 Å². The van der Waals surface area contributed by atoms with E-state index in [1.165, 1.54) is 12.7 Å². The van der Waals surface area contributed by atoms with Gasteiger partial charge in [0.05, 0.1) is 12.7 Å². The Balaban J connectivity index is 2.88. The van der Waals surface area contributed by atoms with Crippen molar-refractivity contribution >= 4 is 21.9 Å². The van der Waals surface area contributed by atoms with Gasteiger partial charge in [0.15, 0.2) is 0 Å². The van der Waals surface area contributed by atoms with Gasteiger partial charge in [0.1, 0.15) is 0 Å². The Morgan fingerprint density at radius 3 is 2.40 bits per heavy atom. The summed E-state index contributed by atoms with van der Waals surface area (Å²) in [5, 5.41) is 0. The lowest BCUT2D eigenvalue weighted by Crippen LogP contribution is -2.33. The van der Waals surface area contributed by atoms with Crippen LogP contribution >= 0.6 is 15.9 Å². The first-order chi connectivity index (χ1) is 9.35. The quantitative estimate of drug-likeness (QED) is 0.729. The average Bonchev–Trinajstić information content (AvgIpc) is 2.38. The summed E-state index contributed by atoms with van der Waals surface area (Å²) < 4.78 is 5.69.